The predicted molar refractivity (Wildman–Crippen MR) is 429 cm³/mol. The SMILES string of the molecule is CC(C)(C)c1cc(N2c3cc(-n4c5ccccc5c5ccccc54)ccc3B3c4ccc(-n5c6ccccc6c6ccccc65)cc4N(c4cc(C(C)(C)C)cc(C(C)(C)C)c4)c4cc(-n5c6ccc(-c7ccccc7)cc6c6cc(-c7ccccc7)ccc65)cc2c43)cc(C(C)(C)C)c1. The fourth-order valence-electron chi connectivity index (χ4n) is 16.5. The normalized spacial score (nSPS) is 13.3. The van der Waals surface area contributed by atoms with Crippen LogP contribution in [-0.4, -0.2) is 20.4 Å². The Balaban J connectivity index is 1.02. The molecule has 13 aromatic carbocycles. The molecule has 18 rings (SSSR count). The minimum Gasteiger partial charge on any atom is -0.311 e. The van der Waals surface area contributed by atoms with E-state index in [2.05, 4.69) is 386 Å². The minimum absolute atomic E-state index is 0.171. The molecular weight excluding hydrogens is 1210 g/mol. The van der Waals surface area contributed by atoms with Crippen LogP contribution in [0.1, 0.15) is 105 Å². The van der Waals surface area contributed by atoms with Crippen LogP contribution in [0.25, 0.3) is 105 Å². The molecular formula is C94H82BN5. The van der Waals surface area contributed by atoms with Gasteiger partial charge in [-0.05, 0) is 192 Å². The van der Waals surface area contributed by atoms with E-state index >= 15 is 0 Å². The number of fused-ring (bicyclic) bond motifs is 13. The summed E-state index contributed by atoms with van der Waals surface area (Å²) in [6.45, 7) is 28.3. The quantitative estimate of drug-likeness (QED) is 0.148. The van der Waals surface area contributed by atoms with Crippen LogP contribution in [0.5, 0.6) is 0 Å². The average Bonchev–Trinajstić information content (AvgIpc) is 0.780. The summed E-state index contributed by atoms with van der Waals surface area (Å²) in [7, 11) is 0. The van der Waals surface area contributed by atoms with Gasteiger partial charge in [0.05, 0.1) is 38.8 Å². The molecule has 2 aliphatic rings. The van der Waals surface area contributed by atoms with Gasteiger partial charge in [0.1, 0.15) is 0 Å². The van der Waals surface area contributed by atoms with E-state index in [4.69, 9.17) is 0 Å². The summed E-state index contributed by atoms with van der Waals surface area (Å²) in [6.07, 6.45) is 0. The molecule has 5 nitrogen and oxygen atoms in total. The van der Waals surface area contributed by atoms with Gasteiger partial charge in [-0.15, -0.1) is 0 Å². The number of anilines is 6. The third-order valence-corrected chi connectivity index (χ3v) is 21.8. The van der Waals surface area contributed by atoms with Gasteiger partial charge in [-0.25, -0.2) is 0 Å². The van der Waals surface area contributed by atoms with Crippen LogP contribution in [-0.2, 0) is 21.7 Å². The number of nitrogens with zero attached hydrogens (tertiary/aromatic N) is 5. The molecule has 2 aliphatic heterocycles. The monoisotopic (exact) mass is 1290 g/mol. The first-order valence-electron chi connectivity index (χ1n) is 35.7. The number of hydrogen-bond acceptors (Lipinski definition) is 2. The number of hydrogen-bond donors (Lipinski definition) is 0. The molecule has 5 heterocycles. The van der Waals surface area contributed by atoms with Gasteiger partial charge in [-0.3, -0.25) is 0 Å². The molecule has 0 saturated heterocycles. The number of aromatic nitrogens is 3. The van der Waals surface area contributed by atoms with Crippen LogP contribution >= 0.6 is 0 Å². The molecule has 486 valence electrons. The fraction of sp³-hybridized carbons (Fsp3) is 0.170. The summed E-state index contributed by atoms with van der Waals surface area (Å²) in [5.74, 6) is 0. The summed E-state index contributed by atoms with van der Waals surface area (Å²) in [5.41, 5.74) is 30.3. The topological polar surface area (TPSA) is 21.3 Å². The molecule has 0 aliphatic carbocycles. The summed E-state index contributed by atoms with van der Waals surface area (Å²) in [5, 5.41) is 7.36. The van der Waals surface area contributed by atoms with Gasteiger partial charge in [0, 0.05) is 77.8 Å². The van der Waals surface area contributed by atoms with Crippen molar-refractivity contribution in [2.75, 3.05) is 9.80 Å². The summed E-state index contributed by atoms with van der Waals surface area (Å²) in [6, 6.07) is 107. The molecule has 0 saturated carbocycles. The lowest BCUT2D eigenvalue weighted by molar-refractivity contribution is 0.568. The van der Waals surface area contributed by atoms with Crippen molar-refractivity contribution < 1.29 is 0 Å². The maximum atomic E-state index is 2.69. The van der Waals surface area contributed by atoms with E-state index in [9.17, 15) is 0 Å². The Bertz CT molecular complexity index is 5500. The van der Waals surface area contributed by atoms with Crippen LogP contribution in [0.2, 0.25) is 0 Å². The van der Waals surface area contributed by atoms with E-state index in [0.717, 1.165) is 62.2 Å². The Morgan fingerprint density at radius 3 is 0.860 bits per heavy atom. The van der Waals surface area contributed by atoms with Crippen molar-refractivity contribution in [2.45, 2.75) is 105 Å². The van der Waals surface area contributed by atoms with Crippen molar-refractivity contribution in [1.29, 1.82) is 0 Å². The second-order valence-electron chi connectivity index (χ2n) is 32.3. The third kappa shape index (κ3) is 9.72. The van der Waals surface area contributed by atoms with Crippen molar-refractivity contribution in [3.63, 3.8) is 0 Å². The fourth-order valence-corrected chi connectivity index (χ4v) is 16.5. The third-order valence-electron chi connectivity index (χ3n) is 21.8. The van der Waals surface area contributed by atoms with E-state index < -0.39 is 0 Å². The Morgan fingerprint density at radius 2 is 0.520 bits per heavy atom. The second kappa shape index (κ2) is 22.2. The maximum Gasteiger partial charge on any atom is 0.252 e. The Hall–Kier alpha value is -11.1. The summed E-state index contributed by atoms with van der Waals surface area (Å²) in [4.78, 5) is 5.37. The molecule has 0 N–H and O–H groups in total. The van der Waals surface area contributed by atoms with Crippen LogP contribution in [0, 0.1) is 0 Å². The molecule has 0 radical (unpaired) electrons. The smallest absolute Gasteiger partial charge is 0.252 e. The molecule has 3 aromatic heterocycles. The van der Waals surface area contributed by atoms with Crippen LogP contribution in [0.15, 0.2) is 279 Å². The summed E-state index contributed by atoms with van der Waals surface area (Å²) < 4.78 is 7.59. The van der Waals surface area contributed by atoms with Gasteiger partial charge < -0.3 is 23.5 Å². The van der Waals surface area contributed by atoms with Crippen molar-refractivity contribution >= 4 is 123 Å². The van der Waals surface area contributed by atoms with Gasteiger partial charge in [0.15, 0.2) is 0 Å². The zero-order valence-electron chi connectivity index (χ0n) is 59.4. The average molecular weight is 1290 g/mol. The number of para-hydroxylation sites is 4. The zero-order valence-corrected chi connectivity index (χ0v) is 59.4. The van der Waals surface area contributed by atoms with E-state index in [0.29, 0.717) is 0 Å². The molecule has 0 atom stereocenters. The molecule has 0 unspecified atom stereocenters. The highest BCUT2D eigenvalue weighted by Crippen LogP contribution is 2.51. The van der Waals surface area contributed by atoms with Crippen molar-refractivity contribution in [2.24, 2.45) is 0 Å². The molecule has 0 spiro atoms. The van der Waals surface area contributed by atoms with E-state index in [1.54, 1.807) is 0 Å². The highest BCUT2D eigenvalue weighted by Gasteiger charge is 2.45. The predicted octanol–water partition coefficient (Wildman–Crippen LogP) is 23.6. The second-order valence-corrected chi connectivity index (χ2v) is 32.3. The lowest BCUT2D eigenvalue weighted by atomic mass is 9.33. The first-order chi connectivity index (χ1) is 48.1. The first kappa shape index (κ1) is 61.3. The molecule has 6 heteroatoms. The maximum absolute atomic E-state index is 2.69. The molecule has 0 fully saturated rings. The lowest BCUT2D eigenvalue weighted by Crippen LogP contribution is -2.61. The van der Waals surface area contributed by atoms with E-state index in [-0.39, 0.29) is 28.4 Å². The standard InChI is InChI=1S/C94H82BN5/c1-91(2,3)63-49-64(92(4,5)6)52-69(51-63)99-86-55-67(96-80-35-23-19-31-72(80)73-32-20-24-36-81(73)96)41-43-78(86)95-79-44-42-68(97-82-37-25-21-33-74(82)75-34-22-26-38-83(75)97)56-87(79)100(70-53-65(93(7,8)9)50-66(54-70)94(10,11)12)89-58-71(57-88(99)90(89)95)98-84-45-39-61(59-27-15-13-16-28-59)47-76(84)77-48-62(40-46-85(77)98)60-29-17-14-18-30-60/h13-58H,1-12H3. The van der Waals surface area contributed by atoms with Crippen molar-refractivity contribution in [3.05, 3.63) is 301 Å². The van der Waals surface area contributed by atoms with Crippen LogP contribution in [0.3, 0.4) is 0 Å². The van der Waals surface area contributed by atoms with Gasteiger partial charge >= 0.3 is 0 Å². The molecule has 0 amide bonds. The van der Waals surface area contributed by atoms with Crippen molar-refractivity contribution in [3.8, 4) is 39.3 Å². The van der Waals surface area contributed by atoms with Gasteiger partial charge in [-0.1, -0.05) is 253 Å². The Kier molecular flexibility index (Phi) is 13.6. The van der Waals surface area contributed by atoms with Crippen LogP contribution in [0.4, 0.5) is 34.1 Å². The molecule has 16 aromatic rings. The van der Waals surface area contributed by atoms with Gasteiger partial charge in [0.25, 0.3) is 6.71 Å². The molecule has 0 bridgehead atoms. The van der Waals surface area contributed by atoms with E-state index in [1.807, 2.05) is 0 Å². The van der Waals surface area contributed by atoms with Crippen molar-refractivity contribution in [1.82, 2.24) is 13.7 Å². The molecule has 100 heavy (non-hydrogen) atoms. The van der Waals surface area contributed by atoms with E-state index in [1.165, 1.54) is 115 Å². The number of rotatable bonds is 7. The number of benzene rings is 13. The lowest BCUT2D eigenvalue weighted by Gasteiger charge is -2.45. The summed E-state index contributed by atoms with van der Waals surface area (Å²) >= 11 is 0. The zero-order chi connectivity index (χ0) is 68.5. The van der Waals surface area contributed by atoms with Crippen LogP contribution < -0.4 is 26.2 Å². The van der Waals surface area contributed by atoms with Gasteiger partial charge in [0.2, 0.25) is 0 Å². The highest BCUT2D eigenvalue weighted by atomic mass is 15.2. The highest BCUT2D eigenvalue weighted by molar-refractivity contribution is 7.00. The van der Waals surface area contributed by atoms with Gasteiger partial charge in [-0.2, -0.15) is 0 Å². The minimum atomic E-state index is -0.197. The first-order valence-corrected chi connectivity index (χ1v) is 35.7. The Morgan fingerprint density at radius 1 is 0.220 bits per heavy atom. The largest absolute Gasteiger partial charge is 0.311 e. The Labute approximate surface area is 587 Å².